The molecule has 2 heterocycles. The monoisotopic (exact) mass is 406 g/mol. The number of benzene rings is 2. The van der Waals surface area contributed by atoms with Crippen molar-refractivity contribution in [2.45, 2.75) is 18.9 Å². The maximum absolute atomic E-state index is 13.4. The third-order valence-electron chi connectivity index (χ3n) is 6.10. The number of nitrogens with zero attached hydrogens (tertiary/aromatic N) is 3. The highest BCUT2D eigenvalue weighted by molar-refractivity contribution is 6.06. The SMILES string of the molecule is CN1CCN(C(=O)c2ccc(N(C(=O)c3ccccc3)C3CCNCC3)cc2)CC1. The van der Waals surface area contributed by atoms with E-state index >= 15 is 0 Å². The lowest BCUT2D eigenvalue weighted by Gasteiger charge is -2.35. The molecule has 0 aliphatic carbocycles. The fourth-order valence-corrected chi connectivity index (χ4v) is 4.24. The topological polar surface area (TPSA) is 55.9 Å². The Morgan fingerprint density at radius 3 is 2.13 bits per heavy atom. The zero-order chi connectivity index (χ0) is 20.9. The predicted octanol–water partition coefficient (Wildman–Crippen LogP) is 2.47. The lowest BCUT2D eigenvalue weighted by molar-refractivity contribution is 0.0664. The third kappa shape index (κ3) is 4.55. The van der Waals surface area contributed by atoms with Gasteiger partial charge in [0.1, 0.15) is 0 Å². The summed E-state index contributed by atoms with van der Waals surface area (Å²) < 4.78 is 0. The van der Waals surface area contributed by atoms with E-state index in [1.807, 2.05) is 64.4 Å². The first-order valence-corrected chi connectivity index (χ1v) is 10.8. The van der Waals surface area contributed by atoms with Crippen LogP contribution in [-0.4, -0.2) is 74.0 Å². The number of likely N-dealkylation sites (N-methyl/N-ethyl adjacent to an activating group) is 1. The van der Waals surface area contributed by atoms with Crippen LogP contribution in [-0.2, 0) is 0 Å². The van der Waals surface area contributed by atoms with E-state index in [4.69, 9.17) is 0 Å². The Labute approximate surface area is 178 Å². The minimum atomic E-state index is 0.0145. The average Bonchev–Trinajstić information content (AvgIpc) is 2.81. The molecule has 6 heteroatoms. The summed E-state index contributed by atoms with van der Waals surface area (Å²) in [6, 6.07) is 17.2. The summed E-state index contributed by atoms with van der Waals surface area (Å²) in [7, 11) is 2.08. The summed E-state index contributed by atoms with van der Waals surface area (Å²) in [5.41, 5.74) is 2.22. The number of amides is 2. The number of hydrogen-bond donors (Lipinski definition) is 1. The van der Waals surface area contributed by atoms with E-state index in [0.717, 1.165) is 57.8 Å². The van der Waals surface area contributed by atoms with Gasteiger partial charge in [0, 0.05) is 49.0 Å². The molecular weight excluding hydrogens is 376 g/mol. The van der Waals surface area contributed by atoms with Gasteiger partial charge in [-0.3, -0.25) is 9.59 Å². The van der Waals surface area contributed by atoms with Crippen molar-refractivity contribution in [2.24, 2.45) is 0 Å². The molecule has 158 valence electrons. The quantitative estimate of drug-likeness (QED) is 0.848. The molecule has 2 aromatic carbocycles. The van der Waals surface area contributed by atoms with E-state index in [1.54, 1.807) is 0 Å². The first-order chi connectivity index (χ1) is 14.6. The number of anilines is 1. The first-order valence-electron chi connectivity index (χ1n) is 10.8. The summed E-state index contributed by atoms with van der Waals surface area (Å²) in [6.45, 7) is 5.12. The van der Waals surface area contributed by atoms with Crippen LogP contribution in [0.3, 0.4) is 0 Å². The first kappa shape index (κ1) is 20.6. The van der Waals surface area contributed by atoms with Crippen LogP contribution in [0.1, 0.15) is 33.6 Å². The van der Waals surface area contributed by atoms with E-state index in [0.29, 0.717) is 11.1 Å². The molecule has 2 aliphatic heterocycles. The number of carbonyl (C=O) groups is 2. The standard InChI is InChI=1S/C24H30N4O2/c1-26-15-17-27(18-16-26)23(29)20-7-9-21(10-8-20)28(22-11-13-25-14-12-22)24(30)19-5-3-2-4-6-19/h2-10,22,25H,11-18H2,1H3. The number of piperidine rings is 1. The van der Waals surface area contributed by atoms with Gasteiger partial charge in [0.25, 0.3) is 11.8 Å². The van der Waals surface area contributed by atoms with Crippen LogP contribution in [0.5, 0.6) is 0 Å². The molecule has 0 radical (unpaired) electrons. The van der Waals surface area contributed by atoms with Crippen molar-refractivity contribution in [1.29, 1.82) is 0 Å². The smallest absolute Gasteiger partial charge is 0.258 e. The molecule has 0 aromatic heterocycles. The molecule has 2 fully saturated rings. The Morgan fingerprint density at radius 2 is 1.50 bits per heavy atom. The Morgan fingerprint density at radius 1 is 0.867 bits per heavy atom. The number of hydrogen-bond acceptors (Lipinski definition) is 4. The summed E-state index contributed by atoms with van der Waals surface area (Å²) in [4.78, 5) is 32.3. The van der Waals surface area contributed by atoms with E-state index in [1.165, 1.54) is 0 Å². The average molecular weight is 407 g/mol. The minimum absolute atomic E-state index is 0.0145. The van der Waals surface area contributed by atoms with Crippen molar-refractivity contribution < 1.29 is 9.59 Å². The van der Waals surface area contributed by atoms with E-state index in [9.17, 15) is 9.59 Å². The van der Waals surface area contributed by atoms with Crippen molar-refractivity contribution in [1.82, 2.24) is 15.1 Å². The second-order valence-corrected chi connectivity index (χ2v) is 8.16. The summed E-state index contributed by atoms with van der Waals surface area (Å²) in [5.74, 6) is 0.0816. The van der Waals surface area contributed by atoms with Crippen molar-refractivity contribution in [3.8, 4) is 0 Å². The zero-order valence-corrected chi connectivity index (χ0v) is 17.6. The second-order valence-electron chi connectivity index (χ2n) is 8.16. The normalized spacial score (nSPS) is 18.2. The van der Waals surface area contributed by atoms with Crippen molar-refractivity contribution in [3.05, 3.63) is 65.7 Å². The predicted molar refractivity (Wildman–Crippen MR) is 119 cm³/mol. The van der Waals surface area contributed by atoms with Gasteiger partial charge in [0.05, 0.1) is 0 Å². The second kappa shape index (κ2) is 9.41. The Kier molecular flexibility index (Phi) is 6.45. The lowest BCUT2D eigenvalue weighted by atomic mass is 10.0. The van der Waals surface area contributed by atoms with Gasteiger partial charge in [-0.1, -0.05) is 18.2 Å². The molecule has 2 amide bonds. The van der Waals surface area contributed by atoms with Crippen LogP contribution in [0, 0.1) is 0 Å². The van der Waals surface area contributed by atoms with Gasteiger partial charge in [-0.2, -0.15) is 0 Å². The molecular formula is C24H30N4O2. The third-order valence-corrected chi connectivity index (χ3v) is 6.10. The molecule has 6 nitrogen and oxygen atoms in total. The highest BCUT2D eigenvalue weighted by Crippen LogP contribution is 2.25. The van der Waals surface area contributed by atoms with Gasteiger partial charge < -0.3 is 20.0 Å². The minimum Gasteiger partial charge on any atom is -0.336 e. The van der Waals surface area contributed by atoms with Crippen molar-refractivity contribution in [3.63, 3.8) is 0 Å². The van der Waals surface area contributed by atoms with E-state index in [-0.39, 0.29) is 17.9 Å². The summed E-state index contributed by atoms with van der Waals surface area (Å²) in [6.07, 6.45) is 1.83. The number of piperazine rings is 1. The molecule has 2 aromatic rings. The van der Waals surface area contributed by atoms with E-state index in [2.05, 4.69) is 17.3 Å². The molecule has 0 bridgehead atoms. The van der Waals surface area contributed by atoms with Gasteiger partial charge in [0.15, 0.2) is 0 Å². The molecule has 0 unspecified atom stereocenters. The fraction of sp³-hybridized carbons (Fsp3) is 0.417. The molecule has 2 aliphatic rings. The maximum atomic E-state index is 13.4. The van der Waals surface area contributed by atoms with E-state index < -0.39 is 0 Å². The number of carbonyl (C=O) groups excluding carboxylic acids is 2. The van der Waals surface area contributed by atoms with Crippen molar-refractivity contribution >= 4 is 17.5 Å². The number of rotatable bonds is 4. The van der Waals surface area contributed by atoms with Crippen LogP contribution < -0.4 is 10.2 Å². The molecule has 30 heavy (non-hydrogen) atoms. The molecule has 2 saturated heterocycles. The molecule has 1 N–H and O–H groups in total. The zero-order valence-electron chi connectivity index (χ0n) is 17.6. The lowest BCUT2D eigenvalue weighted by Crippen LogP contribution is -2.47. The van der Waals surface area contributed by atoms with Gasteiger partial charge in [-0.15, -0.1) is 0 Å². The van der Waals surface area contributed by atoms with Gasteiger partial charge >= 0.3 is 0 Å². The Bertz CT molecular complexity index is 855. The summed E-state index contributed by atoms with van der Waals surface area (Å²) >= 11 is 0. The van der Waals surface area contributed by atoms with Crippen molar-refractivity contribution in [2.75, 3.05) is 51.2 Å². The van der Waals surface area contributed by atoms with Gasteiger partial charge in [0.2, 0.25) is 0 Å². The summed E-state index contributed by atoms with van der Waals surface area (Å²) in [5, 5.41) is 3.37. The molecule has 0 atom stereocenters. The van der Waals surface area contributed by atoms with Crippen LogP contribution in [0.25, 0.3) is 0 Å². The van der Waals surface area contributed by atoms with Crippen LogP contribution in [0.15, 0.2) is 54.6 Å². The van der Waals surface area contributed by atoms with Crippen LogP contribution in [0.4, 0.5) is 5.69 Å². The molecule has 4 rings (SSSR count). The van der Waals surface area contributed by atoms with Gasteiger partial charge in [-0.05, 0) is 69.4 Å². The number of nitrogens with one attached hydrogen (secondary N) is 1. The molecule has 0 saturated carbocycles. The highest BCUT2D eigenvalue weighted by atomic mass is 16.2. The van der Waals surface area contributed by atoms with Crippen LogP contribution in [0.2, 0.25) is 0 Å². The largest absolute Gasteiger partial charge is 0.336 e. The van der Waals surface area contributed by atoms with Gasteiger partial charge in [-0.25, -0.2) is 0 Å². The highest BCUT2D eigenvalue weighted by Gasteiger charge is 2.28. The van der Waals surface area contributed by atoms with Crippen LogP contribution >= 0.6 is 0 Å². The molecule has 0 spiro atoms. The fourth-order valence-electron chi connectivity index (χ4n) is 4.24. The maximum Gasteiger partial charge on any atom is 0.258 e. The Balaban J connectivity index is 1.56. The Hall–Kier alpha value is -2.70.